The summed E-state index contributed by atoms with van der Waals surface area (Å²) in [5.41, 5.74) is 3.36. The molecule has 0 aliphatic carbocycles. The number of hydrogen-bond acceptors (Lipinski definition) is 8. The van der Waals surface area contributed by atoms with Crippen LogP contribution in [0.5, 0.6) is 0 Å². The molecule has 1 amide bonds. The maximum atomic E-state index is 13.7. The van der Waals surface area contributed by atoms with Crippen molar-refractivity contribution in [1.29, 1.82) is 0 Å². The second kappa shape index (κ2) is 13.0. The standard InChI is InChI=1S/C32H43FN8O/c1-23-8-6-17-41(23)32-35-29(25-9-12-27(33)13-10-25)24(2)30(36-32)40-20-18-39(19-21-40)28-14-11-26(22-34-28)31(42)38(5)16-7-15-37(3)4/h9-14,22-23H,6-8,15-21H2,1-5H3. The van der Waals surface area contributed by atoms with E-state index < -0.39 is 0 Å². The average molecular weight is 575 g/mol. The summed E-state index contributed by atoms with van der Waals surface area (Å²) in [5.74, 6) is 2.30. The molecule has 224 valence electrons. The first kappa shape index (κ1) is 29.7. The molecule has 2 fully saturated rings. The van der Waals surface area contributed by atoms with E-state index in [4.69, 9.17) is 9.97 Å². The molecule has 0 radical (unpaired) electrons. The second-order valence-corrected chi connectivity index (χ2v) is 11.8. The number of pyridine rings is 1. The molecule has 2 aromatic heterocycles. The fourth-order valence-electron chi connectivity index (χ4n) is 5.84. The molecule has 0 spiro atoms. The number of rotatable bonds is 9. The van der Waals surface area contributed by atoms with Crippen molar-refractivity contribution in [3.63, 3.8) is 0 Å². The van der Waals surface area contributed by atoms with E-state index in [1.807, 2.05) is 33.3 Å². The number of benzene rings is 1. The van der Waals surface area contributed by atoms with E-state index in [-0.39, 0.29) is 11.7 Å². The fourth-order valence-corrected chi connectivity index (χ4v) is 5.84. The molecule has 0 bridgehead atoms. The second-order valence-electron chi connectivity index (χ2n) is 11.8. The quantitative estimate of drug-likeness (QED) is 0.374. The van der Waals surface area contributed by atoms with Gasteiger partial charge in [0, 0.05) is 69.7 Å². The lowest BCUT2D eigenvalue weighted by molar-refractivity contribution is 0.0790. The average Bonchev–Trinajstić information content (AvgIpc) is 3.43. The van der Waals surface area contributed by atoms with Crippen LogP contribution in [0.25, 0.3) is 11.3 Å². The summed E-state index contributed by atoms with van der Waals surface area (Å²) < 4.78 is 13.7. The van der Waals surface area contributed by atoms with Gasteiger partial charge in [-0.15, -0.1) is 0 Å². The predicted molar refractivity (Wildman–Crippen MR) is 167 cm³/mol. The Bertz CT molecular complexity index is 1360. The Morgan fingerprint density at radius 2 is 1.67 bits per heavy atom. The molecule has 0 saturated carbocycles. The first-order valence-electron chi connectivity index (χ1n) is 15.0. The highest BCUT2D eigenvalue weighted by molar-refractivity contribution is 5.93. The van der Waals surface area contributed by atoms with E-state index >= 15 is 0 Å². The van der Waals surface area contributed by atoms with Crippen LogP contribution in [0, 0.1) is 12.7 Å². The molecule has 5 rings (SSSR count). The number of nitrogens with zero attached hydrogens (tertiary/aromatic N) is 8. The minimum Gasteiger partial charge on any atom is -0.353 e. The molecule has 2 aliphatic heterocycles. The van der Waals surface area contributed by atoms with Crippen LogP contribution in [0.2, 0.25) is 0 Å². The minimum atomic E-state index is -0.256. The third kappa shape index (κ3) is 6.64. The van der Waals surface area contributed by atoms with Gasteiger partial charge in [0.25, 0.3) is 5.91 Å². The van der Waals surface area contributed by atoms with Crippen molar-refractivity contribution < 1.29 is 9.18 Å². The highest BCUT2D eigenvalue weighted by Gasteiger charge is 2.28. The predicted octanol–water partition coefficient (Wildman–Crippen LogP) is 4.33. The maximum absolute atomic E-state index is 13.7. The van der Waals surface area contributed by atoms with E-state index in [0.29, 0.717) is 18.2 Å². The van der Waals surface area contributed by atoms with Gasteiger partial charge in [-0.2, -0.15) is 4.98 Å². The van der Waals surface area contributed by atoms with Crippen LogP contribution in [0.15, 0.2) is 42.6 Å². The summed E-state index contributed by atoms with van der Waals surface area (Å²) in [5, 5.41) is 0. The normalized spacial score (nSPS) is 17.3. The molecule has 42 heavy (non-hydrogen) atoms. The Morgan fingerprint density at radius 1 is 0.952 bits per heavy atom. The van der Waals surface area contributed by atoms with Gasteiger partial charge in [0.15, 0.2) is 0 Å². The number of carbonyl (C=O) groups is 1. The van der Waals surface area contributed by atoms with Gasteiger partial charge < -0.3 is 24.5 Å². The van der Waals surface area contributed by atoms with Crippen molar-refractivity contribution in [1.82, 2.24) is 24.8 Å². The van der Waals surface area contributed by atoms with Gasteiger partial charge in [-0.1, -0.05) is 0 Å². The van der Waals surface area contributed by atoms with Crippen molar-refractivity contribution in [2.45, 2.75) is 39.2 Å². The van der Waals surface area contributed by atoms with Gasteiger partial charge in [0.1, 0.15) is 17.5 Å². The van der Waals surface area contributed by atoms with Crippen LogP contribution in [0.3, 0.4) is 0 Å². The van der Waals surface area contributed by atoms with E-state index in [1.54, 1.807) is 23.2 Å². The van der Waals surface area contributed by atoms with E-state index in [9.17, 15) is 9.18 Å². The Hall–Kier alpha value is -3.79. The number of piperazine rings is 1. The molecular formula is C32H43FN8O. The lowest BCUT2D eigenvalue weighted by Gasteiger charge is -2.37. The first-order valence-corrected chi connectivity index (χ1v) is 15.0. The van der Waals surface area contributed by atoms with Crippen LogP contribution in [-0.2, 0) is 0 Å². The van der Waals surface area contributed by atoms with Crippen LogP contribution in [0.4, 0.5) is 22.0 Å². The molecular weight excluding hydrogens is 531 g/mol. The Kier molecular flexibility index (Phi) is 9.21. The summed E-state index contributed by atoms with van der Waals surface area (Å²) in [6.07, 6.45) is 4.88. The minimum absolute atomic E-state index is 0.00283. The van der Waals surface area contributed by atoms with Gasteiger partial charge in [0.2, 0.25) is 5.95 Å². The largest absolute Gasteiger partial charge is 0.353 e. The zero-order valence-corrected chi connectivity index (χ0v) is 25.6. The van der Waals surface area contributed by atoms with Gasteiger partial charge in [-0.05, 0) is 90.1 Å². The summed E-state index contributed by atoms with van der Waals surface area (Å²) in [6, 6.07) is 10.8. The molecule has 0 N–H and O–H groups in total. The van der Waals surface area contributed by atoms with E-state index in [0.717, 1.165) is 92.9 Å². The molecule has 9 nitrogen and oxygen atoms in total. The summed E-state index contributed by atoms with van der Waals surface area (Å²) in [6.45, 7) is 10.0. The van der Waals surface area contributed by atoms with Crippen LogP contribution >= 0.6 is 0 Å². The summed E-state index contributed by atoms with van der Waals surface area (Å²) in [4.78, 5) is 38.3. The molecule has 1 atom stereocenters. The third-order valence-electron chi connectivity index (χ3n) is 8.38. The van der Waals surface area contributed by atoms with E-state index in [1.165, 1.54) is 12.1 Å². The van der Waals surface area contributed by atoms with Crippen molar-refractivity contribution in [2.75, 3.05) is 81.7 Å². The highest BCUT2D eigenvalue weighted by atomic mass is 19.1. The van der Waals surface area contributed by atoms with Crippen molar-refractivity contribution in [3.05, 3.63) is 59.5 Å². The number of anilines is 3. The maximum Gasteiger partial charge on any atom is 0.255 e. The fraction of sp³-hybridized carbons (Fsp3) is 0.500. The zero-order chi connectivity index (χ0) is 29.8. The zero-order valence-electron chi connectivity index (χ0n) is 25.6. The molecule has 3 aromatic rings. The van der Waals surface area contributed by atoms with Crippen LogP contribution < -0.4 is 14.7 Å². The first-order chi connectivity index (χ1) is 20.2. The Labute approximate surface area is 249 Å². The Morgan fingerprint density at radius 3 is 2.29 bits per heavy atom. The van der Waals surface area contributed by atoms with E-state index in [2.05, 4.69) is 38.4 Å². The molecule has 1 unspecified atom stereocenters. The van der Waals surface area contributed by atoms with Crippen molar-refractivity contribution >= 4 is 23.5 Å². The summed E-state index contributed by atoms with van der Waals surface area (Å²) >= 11 is 0. The third-order valence-corrected chi connectivity index (χ3v) is 8.38. The molecule has 2 aliphatic rings. The summed E-state index contributed by atoms with van der Waals surface area (Å²) in [7, 11) is 5.92. The number of hydrogen-bond donors (Lipinski definition) is 0. The lowest BCUT2D eigenvalue weighted by Crippen LogP contribution is -2.47. The topological polar surface area (TPSA) is 71.9 Å². The lowest BCUT2D eigenvalue weighted by atomic mass is 10.1. The van der Waals surface area contributed by atoms with Crippen LogP contribution in [0.1, 0.15) is 42.1 Å². The van der Waals surface area contributed by atoms with Crippen molar-refractivity contribution in [3.8, 4) is 11.3 Å². The van der Waals surface area contributed by atoms with Gasteiger partial charge >= 0.3 is 0 Å². The SMILES string of the molecule is Cc1c(-c2ccc(F)cc2)nc(N2CCCC2C)nc1N1CCN(c2ccc(C(=O)N(C)CCCN(C)C)cn2)CC1. The Balaban J connectivity index is 1.29. The van der Waals surface area contributed by atoms with Gasteiger partial charge in [-0.3, -0.25) is 4.79 Å². The molecule has 10 heteroatoms. The molecule has 2 saturated heterocycles. The number of halogens is 1. The van der Waals surface area contributed by atoms with Gasteiger partial charge in [0.05, 0.1) is 11.3 Å². The highest BCUT2D eigenvalue weighted by Crippen LogP contribution is 2.33. The smallest absolute Gasteiger partial charge is 0.255 e. The van der Waals surface area contributed by atoms with Gasteiger partial charge in [-0.25, -0.2) is 14.4 Å². The number of carbonyl (C=O) groups excluding carboxylic acids is 1. The monoisotopic (exact) mass is 574 g/mol. The number of amides is 1. The van der Waals surface area contributed by atoms with Crippen LogP contribution in [-0.4, -0.2) is 104 Å². The molecule has 4 heterocycles. The number of aromatic nitrogens is 3. The molecule has 1 aromatic carbocycles. The van der Waals surface area contributed by atoms with Crippen molar-refractivity contribution in [2.24, 2.45) is 0 Å².